The predicted octanol–water partition coefficient (Wildman–Crippen LogP) is 2.42. The summed E-state index contributed by atoms with van der Waals surface area (Å²) in [5.41, 5.74) is 1.20. The van der Waals surface area contributed by atoms with Gasteiger partial charge in [-0.2, -0.15) is 5.10 Å². The zero-order valence-corrected chi connectivity index (χ0v) is 9.43. The largest absolute Gasteiger partial charge is 0.323 e. The third-order valence-electron chi connectivity index (χ3n) is 3.05. The normalized spacial score (nSPS) is 16.2. The third kappa shape index (κ3) is 2.27. The minimum atomic E-state index is 0.600. The van der Waals surface area contributed by atoms with Crippen molar-refractivity contribution in [3.05, 3.63) is 36.8 Å². The fraction of sp³-hybridized carbons (Fsp3) is 0.333. The Labute approximate surface area is 99.7 Å². The fourth-order valence-electron chi connectivity index (χ4n) is 2.14. The first kappa shape index (κ1) is 10.3. The maximum absolute atomic E-state index is 4.25. The average Bonchev–Trinajstić information content (AvgIpc) is 3.00. The van der Waals surface area contributed by atoms with Gasteiger partial charge in [-0.25, -0.2) is 9.97 Å². The highest BCUT2D eigenvalue weighted by atomic mass is 15.2. The van der Waals surface area contributed by atoms with Crippen LogP contribution in [0.3, 0.4) is 0 Å². The van der Waals surface area contributed by atoms with E-state index in [-0.39, 0.29) is 0 Å². The van der Waals surface area contributed by atoms with Gasteiger partial charge in [0.25, 0.3) is 0 Å². The molecule has 3 rings (SSSR count). The highest BCUT2D eigenvalue weighted by Gasteiger charge is 2.19. The Hall–Kier alpha value is -1.91. The first-order valence-electron chi connectivity index (χ1n) is 5.82. The van der Waals surface area contributed by atoms with Gasteiger partial charge in [0.1, 0.15) is 12.1 Å². The van der Waals surface area contributed by atoms with Crippen molar-refractivity contribution in [2.75, 3.05) is 5.32 Å². The van der Waals surface area contributed by atoms with Crippen LogP contribution in [0.5, 0.6) is 0 Å². The standard InChI is InChI=1S/C12H14N5/c1-2-4-9(3-1)10-7-12(17-16-10)15-11-5-6-13-8-14-11/h1,5-9H,2-4H2,(H2,13,14,15,16,17)/t9-/m0/s1. The molecule has 0 amide bonds. The molecule has 0 aromatic carbocycles. The predicted molar refractivity (Wildman–Crippen MR) is 64.8 cm³/mol. The first-order valence-corrected chi connectivity index (χ1v) is 5.82. The number of nitrogens with one attached hydrogen (secondary N) is 2. The first-order chi connectivity index (χ1) is 8.42. The molecule has 1 aliphatic carbocycles. The van der Waals surface area contributed by atoms with Gasteiger partial charge in [0.15, 0.2) is 5.82 Å². The molecule has 2 N–H and O–H groups in total. The quantitative estimate of drug-likeness (QED) is 0.846. The molecular formula is C12H14N5. The topological polar surface area (TPSA) is 66.5 Å². The van der Waals surface area contributed by atoms with Crippen LogP contribution < -0.4 is 5.32 Å². The number of hydrogen-bond donors (Lipinski definition) is 2. The molecule has 2 aromatic rings. The molecule has 0 spiro atoms. The number of hydrogen-bond acceptors (Lipinski definition) is 4. The summed E-state index contributed by atoms with van der Waals surface area (Å²) < 4.78 is 0. The molecule has 2 aromatic heterocycles. The van der Waals surface area contributed by atoms with Gasteiger partial charge < -0.3 is 5.32 Å². The van der Waals surface area contributed by atoms with Gasteiger partial charge in [0.2, 0.25) is 0 Å². The van der Waals surface area contributed by atoms with Crippen molar-refractivity contribution in [3.8, 4) is 0 Å². The van der Waals surface area contributed by atoms with Gasteiger partial charge in [0, 0.05) is 23.9 Å². The van der Waals surface area contributed by atoms with Gasteiger partial charge >= 0.3 is 0 Å². The molecule has 0 bridgehead atoms. The summed E-state index contributed by atoms with van der Waals surface area (Å²) in [7, 11) is 0. The molecule has 1 radical (unpaired) electrons. The molecular weight excluding hydrogens is 214 g/mol. The van der Waals surface area contributed by atoms with E-state index in [1.807, 2.05) is 6.07 Å². The van der Waals surface area contributed by atoms with Crippen molar-refractivity contribution in [1.82, 2.24) is 20.2 Å². The lowest BCUT2D eigenvalue weighted by molar-refractivity contribution is 0.699. The average molecular weight is 228 g/mol. The van der Waals surface area contributed by atoms with Gasteiger partial charge in [0.05, 0.1) is 0 Å². The van der Waals surface area contributed by atoms with Crippen molar-refractivity contribution in [2.24, 2.45) is 0 Å². The van der Waals surface area contributed by atoms with Crippen molar-refractivity contribution < 1.29 is 0 Å². The highest BCUT2D eigenvalue weighted by Crippen LogP contribution is 2.33. The molecule has 87 valence electrons. The van der Waals surface area contributed by atoms with Crippen LogP contribution in [0.25, 0.3) is 0 Å². The number of H-pyrrole nitrogens is 1. The third-order valence-corrected chi connectivity index (χ3v) is 3.05. The van der Waals surface area contributed by atoms with E-state index in [2.05, 4.69) is 38.0 Å². The van der Waals surface area contributed by atoms with E-state index in [4.69, 9.17) is 0 Å². The number of aromatic amines is 1. The summed E-state index contributed by atoms with van der Waals surface area (Å²) in [6.45, 7) is 0. The van der Waals surface area contributed by atoms with Crippen molar-refractivity contribution in [2.45, 2.75) is 25.2 Å². The SMILES string of the molecule is [CH]1CC[C@@H](c2cc(Nc3ccncn3)n[nH]2)C1. The maximum atomic E-state index is 4.25. The van der Waals surface area contributed by atoms with Crippen molar-refractivity contribution in [3.63, 3.8) is 0 Å². The van der Waals surface area contributed by atoms with Crippen LogP contribution in [-0.2, 0) is 0 Å². The highest BCUT2D eigenvalue weighted by molar-refractivity contribution is 5.51. The van der Waals surface area contributed by atoms with Crippen LogP contribution in [0.15, 0.2) is 24.7 Å². The van der Waals surface area contributed by atoms with E-state index >= 15 is 0 Å². The number of aromatic nitrogens is 4. The van der Waals surface area contributed by atoms with E-state index < -0.39 is 0 Å². The van der Waals surface area contributed by atoms with Crippen LogP contribution in [0.1, 0.15) is 30.9 Å². The van der Waals surface area contributed by atoms with E-state index in [1.54, 1.807) is 6.20 Å². The Morgan fingerprint density at radius 2 is 2.35 bits per heavy atom. The molecule has 1 fully saturated rings. The van der Waals surface area contributed by atoms with Gasteiger partial charge in [-0.15, -0.1) is 0 Å². The van der Waals surface area contributed by atoms with Crippen molar-refractivity contribution >= 4 is 11.6 Å². The molecule has 0 saturated heterocycles. The van der Waals surface area contributed by atoms with Crippen LogP contribution in [0, 0.1) is 6.42 Å². The summed E-state index contributed by atoms with van der Waals surface area (Å²) in [6, 6.07) is 3.88. The second-order valence-electron chi connectivity index (χ2n) is 4.23. The fourth-order valence-corrected chi connectivity index (χ4v) is 2.14. The Balaban J connectivity index is 1.72. The van der Waals surface area contributed by atoms with Gasteiger partial charge in [-0.05, 0) is 31.7 Å². The summed E-state index contributed by atoms with van der Waals surface area (Å²) in [4.78, 5) is 7.97. The molecule has 0 aliphatic heterocycles. The van der Waals surface area contributed by atoms with E-state index in [0.29, 0.717) is 5.92 Å². The monoisotopic (exact) mass is 228 g/mol. The second kappa shape index (κ2) is 4.53. The molecule has 5 nitrogen and oxygen atoms in total. The molecule has 17 heavy (non-hydrogen) atoms. The zero-order chi connectivity index (χ0) is 11.5. The Morgan fingerprint density at radius 3 is 3.12 bits per heavy atom. The molecule has 1 aliphatic rings. The van der Waals surface area contributed by atoms with E-state index in [9.17, 15) is 0 Å². The maximum Gasteiger partial charge on any atom is 0.153 e. The summed E-state index contributed by atoms with van der Waals surface area (Å²) in [5.74, 6) is 2.17. The molecule has 1 atom stereocenters. The Kier molecular flexibility index (Phi) is 2.73. The van der Waals surface area contributed by atoms with E-state index in [0.717, 1.165) is 18.1 Å². The minimum Gasteiger partial charge on any atom is -0.323 e. The van der Waals surface area contributed by atoms with E-state index in [1.165, 1.54) is 24.9 Å². The zero-order valence-electron chi connectivity index (χ0n) is 9.43. The lowest BCUT2D eigenvalue weighted by Crippen LogP contribution is -1.93. The molecule has 1 saturated carbocycles. The summed E-state index contributed by atoms with van der Waals surface area (Å²) in [5, 5.41) is 10.5. The molecule has 0 unspecified atom stereocenters. The smallest absolute Gasteiger partial charge is 0.153 e. The lowest BCUT2D eigenvalue weighted by Gasteiger charge is -2.03. The van der Waals surface area contributed by atoms with Crippen molar-refractivity contribution in [1.29, 1.82) is 0 Å². The molecule has 2 heterocycles. The van der Waals surface area contributed by atoms with Crippen LogP contribution in [-0.4, -0.2) is 20.2 Å². The van der Waals surface area contributed by atoms with Crippen LogP contribution in [0.2, 0.25) is 0 Å². The van der Waals surface area contributed by atoms with Gasteiger partial charge in [-0.1, -0.05) is 0 Å². The minimum absolute atomic E-state index is 0.600. The summed E-state index contributed by atoms with van der Waals surface area (Å²) >= 11 is 0. The summed E-state index contributed by atoms with van der Waals surface area (Å²) in [6.07, 6.45) is 9.13. The second-order valence-corrected chi connectivity index (χ2v) is 4.23. The van der Waals surface area contributed by atoms with Crippen LogP contribution >= 0.6 is 0 Å². The Bertz CT molecular complexity index is 473. The molecule has 5 heteroatoms. The Morgan fingerprint density at radius 1 is 1.35 bits per heavy atom. The van der Waals surface area contributed by atoms with Crippen LogP contribution in [0.4, 0.5) is 11.6 Å². The lowest BCUT2D eigenvalue weighted by atomic mass is 10.0. The number of nitrogens with zero attached hydrogens (tertiary/aromatic N) is 3. The van der Waals surface area contributed by atoms with Gasteiger partial charge in [-0.3, -0.25) is 5.10 Å². The number of rotatable bonds is 3. The number of anilines is 2.